The summed E-state index contributed by atoms with van der Waals surface area (Å²) in [5.41, 5.74) is 0.0573. The molecule has 0 saturated carbocycles. The minimum atomic E-state index is -0.540. The standard InChI is InChI=1S/C10H8ClFO2/c1-6(13)4-10(14)8-5-7(12)2-3-9(8)11/h2-3,5H,4H2,1H3. The molecule has 0 radical (unpaired) electrons. The molecule has 0 spiro atoms. The maximum atomic E-state index is 12.7. The van der Waals surface area contributed by atoms with E-state index in [0.717, 1.165) is 12.1 Å². The lowest BCUT2D eigenvalue weighted by molar-refractivity contribution is -0.116. The fourth-order valence-electron chi connectivity index (χ4n) is 1.03. The third kappa shape index (κ3) is 2.64. The zero-order valence-electron chi connectivity index (χ0n) is 7.51. The van der Waals surface area contributed by atoms with Crippen molar-refractivity contribution in [1.82, 2.24) is 0 Å². The average Bonchev–Trinajstić information content (AvgIpc) is 2.08. The highest BCUT2D eigenvalue weighted by Crippen LogP contribution is 2.18. The molecule has 1 aromatic carbocycles. The Hall–Kier alpha value is -1.22. The number of hydrogen-bond acceptors (Lipinski definition) is 2. The molecule has 4 heteroatoms. The van der Waals surface area contributed by atoms with Crippen LogP contribution in [0.5, 0.6) is 0 Å². The van der Waals surface area contributed by atoms with Crippen molar-refractivity contribution >= 4 is 23.2 Å². The number of hydrogen-bond donors (Lipinski definition) is 0. The van der Waals surface area contributed by atoms with Gasteiger partial charge in [-0.25, -0.2) is 4.39 Å². The first kappa shape index (κ1) is 10.9. The van der Waals surface area contributed by atoms with Crippen molar-refractivity contribution in [2.45, 2.75) is 13.3 Å². The molecule has 0 amide bonds. The molecule has 14 heavy (non-hydrogen) atoms. The van der Waals surface area contributed by atoms with Crippen LogP contribution in [0.1, 0.15) is 23.7 Å². The van der Waals surface area contributed by atoms with Crippen LogP contribution in [0.15, 0.2) is 18.2 Å². The Balaban J connectivity index is 3.00. The van der Waals surface area contributed by atoms with Gasteiger partial charge >= 0.3 is 0 Å². The number of ketones is 2. The van der Waals surface area contributed by atoms with Crippen LogP contribution in [-0.4, -0.2) is 11.6 Å². The molecule has 0 aliphatic heterocycles. The number of benzene rings is 1. The molecule has 0 unspecified atom stereocenters. The number of carbonyl (C=O) groups excluding carboxylic acids is 2. The van der Waals surface area contributed by atoms with Gasteiger partial charge in [0.05, 0.1) is 11.4 Å². The van der Waals surface area contributed by atoms with Crippen molar-refractivity contribution in [3.63, 3.8) is 0 Å². The molecule has 0 fully saturated rings. The van der Waals surface area contributed by atoms with E-state index in [4.69, 9.17) is 11.6 Å². The first-order valence-electron chi connectivity index (χ1n) is 3.98. The van der Waals surface area contributed by atoms with Crippen molar-refractivity contribution in [3.05, 3.63) is 34.6 Å². The third-order valence-electron chi connectivity index (χ3n) is 1.64. The summed E-state index contributed by atoms with van der Waals surface area (Å²) in [6, 6.07) is 3.49. The van der Waals surface area contributed by atoms with Crippen molar-refractivity contribution in [1.29, 1.82) is 0 Å². The molecule has 1 rings (SSSR count). The lowest BCUT2D eigenvalue weighted by Gasteiger charge is -2.01. The van der Waals surface area contributed by atoms with E-state index in [9.17, 15) is 14.0 Å². The second-order valence-electron chi connectivity index (χ2n) is 2.93. The largest absolute Gasteiger partial charge is 0.300 e. The van der Waals surface area contributed by atoms with E-state index in [-0.39, 0.29) is 22.8 Å². The molecule has 0 heterocycles. The van der Waals surface area contributed by atoms with E-state index in [2.05, 4.69) is 0 Å². The lowest BCUT2D eigenvalue weighted by atomic mass is 10.1. The van der Waals surface area contributed by atoms with Crippen LogP contribution in [0, 0.1) is 5.82 Å². The Morgan fingerprint density at radius 1 is 1.43 bits per heavy atom. The maximum Gasteiger partial charge on any atom is 0.171 e. The first-order chi connectivity index (χ1) is 6.50. The van der Waals surface area contributed by atoms with E-state index in [1.54, 1.807) is 0 Å². The van der Waals surface area contributed by atoms with Gasteiger partial charge in [-0.2, -0.15) is 0 Å². The molecule has 0 atom stereocenters. The van der Waals surface area contributed by atoms with Crippen LogP contribution >= 0.6 is 11.6 Å². The third-order valence-corrected chi connectivity index (χ3v) is 1.97. The molecule has 0 bridgehead atoms. The number of carbonyl (C=O) groups is 2. The van der Waals surface area contributed by atoms with Crippen molar-refractivity contribution in [3.8, 4) is 0 Å². The van der Waals surface area contributed by atoms with Gasteiger partial charge in [0.25, 0.3) is 0 Å². The zero-order chi connectivity index (χ0) is 10.7. The zero-order valence-corrected chi connectivity index (χ0v) is 8.27. The molecule has 0 aliphatic rings. The Bertz CT molecular complexity index is 388. The predicted octanol–water partition coefficient (Wildman–Crippen LogP) is 2.64. The fourth-order valence-corrected chi connectivity index (χ4v) is 1.26. The second kappa shape index (κ2) is 4.33. The molecule has 1 aromatic rings. The van der Waals surface area contributed by atoms with Crippen LogP contribution in [-0.2, 0) is 4.79 Å². The summed E-state index contributed by atoms with van der Waals surface area (Å²) in [6.07, 6.45) is -0.247. The minimum Gasteiger partial charge on any atom is -0.300 e. The SMILES string of the molecule is CC(=O)CC(=O)c1cc(F)ccc1Cl. The van der Waals surface area contributed by atoms with Gasteiger partial charge in [-0.3, -0.25) is 9.59 Å². The summed E-state index contributed by atoms with van der Waals surface area (Å²) < 4.78 is 12.7. The minimum absolute atomic E-state index is 0.0573. The molecule has 0 aliphatic carbocycles. The van der Waals surface area contributed by atoms with E-state index in [1.807, 2.05) is 0 Å². The quantitative estimate of drug-likeness (QED) is 0.573. The topological polar surface area (TPSA) is 34.1 Å². The van der Waals surface area contributed by atoms with Gasteiger partial charge in [0, 0.05) is 5.56 Å². The Morgan fingerprint density at radius 2 is 2.07 bits per heavy atom. The van der Waals surface area contributed by atoms with Gasteiger partial charge in [-0.05, 0) is 25.1 Å². The van der Waals surface area contributed by atoms with Crippen molar-refractivity contribution < 1.29 is 14.0 Å². The summed E-state index contributed by atoms with van der Waals surface area (Å²) in [7, 11) is 0. The van der Waals surface area contributed by atoms with Crippen molar-refractivity contribution in [2.75, 3.05) is 0 Å². The van der Waals surface area contributed by atoms with E-state index >= 15 is 0 Å². The fraction of sp³-hybridized carbons (Fsp3) is 0.200. The molecule has 2 nitrogen and oxygen atoms in total. The van der Waals surface area contributed by atoms with Gasteiger partial charge in [0.1, 0.15) is 11.6 Å². The summed E-state index contributed by atoms with van der Waals surface area (Å²) in [4.78, 5) is 22.0. The van der Waals surface area contributed by atoms with Gasteiger partial charge in [0.15, 0.2) is 5.78 Å². The van der Waals surface area contributed by atoms with E-state index in [0.29, 0.717) is 0 Å². The normalized spacial score (nSPS) is 9.93. The van der Waals surface area contributed by atoms with Crippen LogP contribution in [0.3, 0.4) is 0 Å². The molecule has 0 aromatic heterocycles. The summed E-state index contributed by atoms with van der Waals surface area (Å²) in [5, 5.41) is 0.164. The summed E-state index contributed by atoms with van der Waals surface area (Å²) >= 11 is 5.68. The highest BCUT2D eigenvalue weighted by Gasteiger charge is 2.12. The molecular weight excluding hydrogens is 207 g/mol. The van der Waals surface area contributed by atoms with Crippen LogP contribution in [0.2, 0.25) is 5.02 Å². The number of Topliss-reactive ketones (excluding diaryl/α,β-unsaturated/α-hetero) is 2. The highest BCUT2D eigenvalue weighted by atomic mass is 35.5. The van der Waals surface area contributed by atoms with Gasteiger partial charge in [-0.15, -0.1) is 0 Å². The Labute approximate surface area is 85.7 Å². The molecule has 0 saturated heterocycles. The smallest absolute Gasteiger partial charge is 0.171 e. The van der Waals surface area contributed by atoms with Crippen LogP contribution < -0.4 is 0 Å². The summed E-state index contributed by atoms with van der Waals surface area (Å²) in [5.74, 6) is -1.27. The van der Waals surface area contributed by atoms with Gasteiger partial charge < -0.3 is 0 Å². The molecule has 74 valence electrons. The first-order valence-corrected chi connectivity index (χ1v) is 4.36. The Kier molecular flexibility index (Phi) is 3.36. The average molecular weight is 215 g/mol. The van der Waals surface area contributed by atoms with Crippen LogP contribution in [0.4, 0.5) is 4.39 Å². The van der Waals surface area contributed by atoms with E-state index < -0.39 is 11.6 Å². The monoisotopic (exact) mass is 214 g/mol. The second-order valence-corrected chi connectivity index (χ2v) is 3.33. The van der Waals surface area contributed by atoms with Gasteiger partial charge in [-0.1, -0.05) is 11.6 Å². The highest BCUT2D eigenvalue weighted by molar-refractivity contribution is 6.34. The van der Waals surface area contributed by atoms with Crippen molar-refractivity contribution in [2.24, 2.45) is 0 Å². The predicted molar refractivity (Wildman–Crippen MR) is 51.0 cm³/mol. The van der Waals surface area contributed by atoms with Crippen LogP contribution in [0.25, 0.3) is 0 Å². The molecule has 0 N–H and O–H groups in total. The van der Waals surface area contributed by atoms with Gasteiger partial charge in [0.2, 0.25) is 0 Å². The maximum absolute atomic E-state index is 12.7. The summed E-state index contributed by atoms with van der Waals surface area (Å²) in [6.45, 7) is 1.30. The lowest BCUT2D eigenvalue weighted by Crippen LogP contribution is -2.05. The number of halogens is 2. The van der Waals surface area contributed by atoms with E-state index in [1.165, 1.54) is 13.0 Å². The molecular formula is C10H8ClFO2. The Morgan fingerprint density at radius 3 is 2.64 bits per heavy atom. The number of rotatable bonds is 3.